The van der Waals surface area contributed by atoms with Crippen molar-refractivity contribution >= 4 is 39.1 Å². The number of carbonyl (C=O) groups is 2. The summed E-state index contributed by atoms with van der Waals surface area (Å²) in [5, 5.41) is 3.26. The van der Waals surface area contributed by atoms with Crippen LogP contribution in [0.25, 0.3) is 0 Å². The minimum absolute atomic E-state index is 0.0464. The highest BCUT2D eigenvalue weighted by atomic mass is 35.5. The van der Waals surface area contributed by atoms with Gasteiger partial charge in [0.15, 0.2) is 0 Å². The molecule has 226 valence electrons. The van der Waals surface area contributed by atoms with E-state index in [2.05, 4.69) is 5.32 Å². The minimum Gasteiger partial charge on any atom is -0.497 e. The molecule has 9 nitrogen and oxygen atoms in total. The van der Waals surface area contributed by atoms with Crippen molar-refractivity contribution in [3.05, 3.63) is 83.4 Å². The summed E-state index contributed by atoms with van der Waals surface area (Å²) in [6.07, 6.45) is 0.313. The van der Waals surface area contributed by atoms with Crippen LogP contribution in [-0.4, -0.2) is 57.5 Å². The van der Waals surface area contributed by atoms with Crippen LogP contribution in [0.2, 0.25) is 5.02 Å². The van der Waals surface area contributed by atoms with E-state index in [1.165, 1.54) is 29.2 Å². The molecule has 11 heteroatoms. The van der Waals surface area contributed by atoms with Crippen LogP contribution < -0.4 is 19.1 Å². The molecule has 0 bridgehead atoms. The van der Waals surface area contributed by atoms with Crippen LogP contribution in [0.5, 0.6) is 11.5 Å². The van der Waals surface area contributed by atoms with Crippen LogP contribution in [0.4, 0.5) is 5.69 Å². The Morgan fingerprint density at radius 3 is 2.29 bits per heavy atom. The van der Waals surface area contributed by atoms with Crippen LogP contribution in [0.15, 0.2) is 77.7 Å². The van der Waals surface area contributed by atoms with Crippen LogP contribution >= 0.6 is 11.6 Å². The second-order valence-electron chi connectivity index (χ2n) is 9.83. The lowest BCUT2D eigenvalue weighted by atomic mass is 10.1. The van der Waals surface area contributed by atoms with Crippen molar-refractivity contribution in [2.24, 2.45) is 0 Å². The zero-order chi connectivity index (χ0) is 30.9. The number of carbonyl (C=O) groups excluding carboxylic acids is 2. The number of ether oxygens (including phenoxy) is 2. The number of hydrogen-bond donors (Lipinski definition) is 1. The fourth-order valence-electron chi connectivity index (χ4n) is 4.46. The van der Waals surface area contributed by atoms with E-state index in [1.807, 2.05) is 26.8 Å². The Hall–Kier alpha value is -3.76. The van der Waals surface area contributed by atoms with Gasteiger partial charge in [0.25, 0.3) is 10.0 Å². The average Bonchev–Trinajstić information content (AvgIpc) is 2.96. The van der Waals surface area contributed by atoms with Gasteiger partial charge >= 0.3 is 0 Å². The van der Waals surface area contributed by atoms with Crippen molar-refractivity contribution in [2.75, 3.05) is 24.6 Å². The molecule has 0 heterocycles. The predicted octanol–water partition coefficient (Wildman–Crippen LogP) is 5.27. The molecule has 0 aliphatic rings. The number of hydrogen-bond acceptors (Lipinski definition) is 6. The van der Waals surface area contributed by atoms with Gasteiger partial charge in [-0.25, -0.2) is 8.42 Å². The van der Waals surface area contributed by atoms with Crippen LogP contribution in [0.1, 0.15) is 39.7 Å². The molecule has 1 N–H and O–H groups in total. The van der Waals surface area contributed by atoms with Crippen molar-refractivity contribution in [3.8, 4) is 11.5 Å². The molecule has 0 aliphatic heterocycles. The van der Waals surface area contributed by atoms with Crippen LogP contribution in [0.3, 0.4) is 0 Å². The largest absolute Gasteiger partial charge is 0.497 e. The third kappa shape index (κ3) is 8.17. The van der Waals surface area contributed by atoms with E-state index in [4.69, 9.17) is 21.1 Å². The summed E-state index contributed by atoms with van der Waals surface area (Å²) in [6, 6.07) is 18.5. The molecule has 1 unspecified atom stereocenters. The van der Waals surface area contributed by atoms with Gasteiger partial charge in [-0.15, -0.1) is 0 Å². The predicted molar refractivity (Wildman–Crippen MR) is 164 cm³/mol. The zero-order valence-corrected chi connectivity index (χ0v) is 26.1. The highest BCUT2D eigenvalue weighted by Gasteiger charge is 2.35. The number of sulfonamides is 1. The summed E-state index contributed by atoms with van der Waals surface area (Å²) in [4.78, 5) is 28.9. The van der Waals surface area contributed by atoms with Crippen molar-refractivity contribution in [3.63, 3.8) is 0 Å². The van der Waals surface area contributed by atoms with Gasteiger partial charge in [-0.1, -0.05) is 42.8 Å². The summed E-state index contributed by atoms with van der Waals surface area (Å²) in [5.74, 6) is 0.00410. The molecule has 3 rings (SSSR count). The van der Waals surface area contributed by atoms with E-state index < -0.39 is 28.5 Å². The highest BCUT2D eigenvalue weighted by molar-refractivity contribution is 7.92. The first kappa shape index (κ1) is 32.8. The van der Waals surface area contributed by atoms with Gasteiger partial charge in [0.2, 0.25) is 11.8 Å². The second-order valence-corrected chi connectivity index (χ2v) is 12.1. The molecule has 0 aromatic heterocycles. The van der Waals surface area contributed by atoms with Gasteiger partial charge < -0.3 is 19.7 Å². The Bertz CT molecular complexity index is 1460. The van der Waals surface area contributed by atoms with E-state index in [0.717, 1.165) is 9.87 Å². The minimum atomic E-state index is -4.27. The number of methoxy groups -OCH3 is 1. The van der Waals surface area contributed by atoms with Crippen LogP contribution in [0, 0.1) is 0 Å². The van der Waals surface area contributed by atoms with Gasteiger partial charge in [-0.05, 0) is 81.3 Å². The molecule has 0 aliphatic carbocycles. The Morgan fingerprint density at radius 2 is 1.67 bits per heavy atom. The smallest absolute Gasteiger partial charge is 0.264 e. The van der Waals surface area contributed by atoms with E-state index in [1.54, 1.807) is 56.5 Å². The quantitative estimate of drug-likeness (QED) is 0.265. The molecular weight excluding hydrogens is 578 g/mol. The number of nitrogens with one attached hydrogen (secondary N) is 1. The molecule has 0 radical (unpaired) electrons. The number of amides is 2. The topological polar surface area (TPSA) is 105 Å². The lowest BCUT2D eigenvalue weighted by Gasteiger charge is -2.34. The normalized spacial score (nSPS) is 12.0. The summed E-state index contributed by atoms with van der Waals surface area (Å²) in [5.41, 5.74) is 0.920. The van der Waals surface area contributed by atoms with Crippen LogP contribution in [-0.2, 0) is 26.2 Å². The monoisotopic (exact) mass is 615 g/mol. The molecule has 1 atom stereocenters. The molecule has 0 fully saturated rings. The molecule has 3 aromatic rings. The Labute approximate surface area is 253 Å². The summed E-state index contributed by atoms with van der Waals surface area (Å²) in [7, 11) is -2.72. The number of nitrogens with zero attached hydrogens (tertiary/aromatic N) is 2. The lowest BCUT2D eigenvalue weighted by Crippen LogP contribution is -2.53. The molecule has 3 aromatic carbocycles. The van der Waals surface area contributed by atoms with Crippen molar-refractivity contribution < 1.29 is 27.5 Å². The number of para-hydroxylation sites is 2. The number of benzene rings is 3. The fraction of sp³-hybridized carbons (Fsp3) is 0.355. The third-order valence-electron chi connectivity index (χ3n) is 6.42. The molecule has 42 heavy (non-hydrogen) atoms. The van der Waals surface area contributed by atoms with Gasteiger partial charge in [0.05, 0.1) is 24.3 Å². The molecular formula is C31H38ClN3O6S. The summed E-state index contributed by atoms with van der Waals surface area (Å²) >= 11 is 6.03. The van der Waals surface area contributed by atoms with E-state index in [0.29, 0.717) is 22.9 Å². The van der Waals surface area contributed by atoms with E-state index in [-0.39, 0.29) is 35.7 Å². The fourth-order valence-corrected chi connectivity index (χ4v) is 6.01. The molecule has 2 amide bonds. The van der Waals surface area contributed by atoms with Crippen molar-refractivity contribution in [1.29, 1.82) is 0 Å². The van der Waals surface area contributed by atoms with Gasteiger partial charge in [-0.2, -0.15) is 0 Å². The number of anilines is 1. The summed E-state index contributed by atoms with van der Waals surface area (Å²) < 4.78 is 40.3. The maximum absolute atomic E-state index is 14.2. The number of halogens is 1. The zero-order valence-electron chi connectivity index (χ0n) is 24.5. The molecule has 0 saturated heterocycles. The Morgan fingerprint density at radius 1 is 0.976 bits per heavy atom. The van der Waals surface area contributed by atoms with Crippen molar-refractivity contribution in [1.82, 2.24) is 10.2 Å². The number of rotatable bonds is 14. The molecule has 0 spiro atoms. The second kappa shape index (κ2) is 14.9. The standard InChI is InChI=1S/C31H38ClN3O6S/c1-6-27(31(37)33-22(3)4)34(20-23-11-10-12-25(19-23)40-5)30(36)21-35(28-13-8-9-14-29(28)41-7-2)42(38,39)26-17-15-24(32)16-18-26/h8-19,22,27H,6-7,20-21H2,1-5H3,(H,33,37). The van der Waals surface area contributed by atoms with Gasteiger partial charge in [-0.3, -0.25) is 13.9 Å². The first-order valence-corrected chi connectivity index (χ1v) is 15.6. The van der Waals surface area contributed by atoms with E-state index in [9.17, 15) is 18.0 Å². The Balaban J connectivity index is 2.12. The van der Waals surface area contributed by atoms with Gasteiger partial charge in [0.1, 0.15) is 24.1 Å². The maximum Gasteiger partial charge on any atom is 0.264 e. The maximum atomic E-state index is 14.2. The van der Waals surface area contributed by atoms with E-state index >= 15 is 0 Å². The lowest BCUT2D eigenvalue weighted by molar-refractivity contribution is -0.140. The summed E-state index contributed by atoms with van der Waals surface area (Å²) in [6.45, 7) is 7.04. The molecule has 0 saturated carbocycles. The highest BCUT2D eigenvalue weighted by Crippen LogP contribution is 2.33. The Kier molecular flexibility index (Phi) is 11.6. The average molecular weight is 616 g/mol. The first-order valence-electron chi connectivity index (χ1n) is 13.7. The first-order chi connectivity index (χ1) is 20.0. The van der Waals surface area contributed by atoms with Crippen molar-refractivity contribution in [2.45, 2.75) is 57.6 Å². The SMILES string of the molecule is CCOc1ccccc1N(CC(=O)N(Cc1cccc(OC)c1)C(CC)C(=O)NC(C)C)S(=O)(=O)c1ccc(Cl)cc1. The van der Waals surface area contributed by atoms with Gasteiger partial charge in [0, 0.05) is 17.6 Å². The third-order valence-corrected chi connectivity index (χ3v) is 8.44.